The van der Waals surface area contributed by atoms with Gasteiger partial charge >= 0.3 is 0 Å². The van der Waals surface area contributed by atoms with Crippen LogP contribution in [0.4, 0.5) is 0 Å². The second-order valence-electron chi connectivity index (χ2n) is 4.18. The first-order chi connectivity index (χ1) is 6.68. The summed E-state index contributed by atoms with van der Waals surface area (Å²) >= 11 is 5.72. The van der Waals surface area contributed by atoms with Gasteiger partial charge < -0.3 is 0 Å². The molecule has 0 aliphatic rings. The fraction of sp³-hybridized carbons (Fsp3) is 1.00. The van der Waals surface area contributed by atoms with Crippen LogP contribution in [0.15, 0.2) is 0 Å². The van der Waals surface area contributed by atoms with Crippen LogP contribution in [-0.2, 0) is 11.8 Å². The van der Waals surface area contributed by atoms with E-state index >= 15 is 0 Å². The van der Waals surface area contributed by atoms with E-state index in [4.69, 9.17) is 11.8 Å². The molecule has 0 unspecified atom stereocenters. The van der Waals surface area contributed by atoms with Gasteiger partial charge in [-0.25, -0.2) is 0 Å². The van der Waals surface area contributed by atoms with Gasteiger partial charge in [-0.1, -0.05) is 64.7 Å². The first-order valence-corrected chi connectivity index (χ1v) is 9.61. The van der Waals surface area contributed by atoms with E-state index in [0.717, 1.165) is 0 Å². The van der Waals surface area contributed by atoms with E-state index in [0.29, 0.717) is 0 Å². The Balaban J connectivity index is 3.39. The van der Waals surface area contributed by atoms with Crippen molar-refractivity contribution in [1.82, 2.24) is 0 Å². The van der Waals surface area contributed by atoms with Gasteiger partial charge in [-0.15, -0.1) is 0 Å². The van der Waals surface area contributed by atoms with Crippen molar-refractivity contribution < 1.29 is 0 Å². The topological polar surface area (TPSA) is 0 Å². The minimum absolute atomic E-state index is 0.903. The molecule has 0 amide bonds. The van der Waals surface area contributed by atoms with E-state index in [-0.39, 0.29) is 0 Å². The maximum atomic E-state index is 5.72. The number of hydrogen-bond donors (Lipinski definition) is 0. The average Bonchev–Trinajstić information content (AvgIpc) is 2.23. The smallest absolute Gasteiger partial charge is 0.0235 e. The summed E-state index contributed by atoms with van der Waals surface area (Å²) in [6, 6.07) is -0.903. The van der Waals surface area contributed by atoms with E-state index in [9.17, 15) is 0 Å². The third-order valence-electron chi connectivity index (χ3n) is 3.07. The zero-order valence-electron chi connectivity index (χ0n) is 10.2. The summed E-state index contributed by atoms with van der Waals surface area (Å²) in [6.45, 7) is 6.83. The summed E-state index contributed by atoms with van der Waals surface area (Å²) in [5, 5.41) is 0. The van der Waals surface area contributed by atoms with Crippen molar-refractivity contribution >= 4 is 17.8 Å². The van der Waals surface area contributed by atoms with Crippen LogP contribution in [0.25, 0.3) is 0 Å². The third-order valence-corrected chi connectivity index (χ3v) is 8.61. The zero-order chi connectivity index (χ0) is 10.9. The quantitative estimate of drug-likeness (QED) is 0.405. The average molecular weight is 234 g/mol. The van der Waals surface area contributed by atoms with Crippen LogP contribution in [0.1, 0.15) is 59.3 Å². The minimum atomic E-state index is -0.903. The molecule has 0 aromatic carbocycles. The molecule has 0 heterocycles. The highest BCUT2D eigenvalue weighted by Crippen LogP contribution is 2.45. The van der Waals surface area contributed by atoms with Crippen molar-refractivity contribution in [3.8, 4) is 0 Å². The Morgan fingerprint density at radius 1 is 0.786 bits per heavy atom. The lowest BCUT2D eigenvalue weighted by atomic mass is 10.1. The van der Waals surface area contributed by atoms with E-state index in [1.54, 1.807) is 0 Å². The van der Waals surface area contributed by atoms with Crippen LogP contribution in [0.3, 0.4) is 0 Å². The summed E-state index contributed by atoms with van der Waals surface area (Å²) in [6.07, 6.45) is 12.3. The summed E-state index contributed by atoms with van der Waals surface area (Å²) in [5.74, 6) is 0. The molecular formula is C12H27PS. The molecule has 0 rings (SSSR count). The Labute approximate surface area is 95.9 Å². The van der Waals surface area contributed by atoms with Crippen LogP contribution in [-0.4, -0.2) is 18.5 Å². The largest absolute Gasteiger partial charge is 0.0975 e. The lowest BCUT2D eigenvalue weighted by Gasteiger charge is -2.17. The number of rotatable bonds is 9. The van der Waals surface area contributed by atoms with Gasteiger partial charge in [-0.2, -0.15) is 0 Å². The van der Waals surface area contributed by atoms with Crippen LogP contribution < -0.4 is 0 Å². The van der Waals surface area contributed by atoms with Gasteiger partial charge in [-0.05, 0) is 30.9 Å². The van der Waals surface area contributed by atoms with Crippen molar-refractivity contribution in [1.29, 1.82) is 0 Å². The summed E-state index contributed by atoms with van der Waals surface area (Å²) < 4.78 is 0. The molecule has 86 valence electrons. The molecule has 0 nitrogen and oxygen atoms in total. The molecule has 0 radical (unpaired) electrons. The van der Waals surface area contributed by atoms with Crippen molar-refractivity contribution in [3.05, 3.63) is 0 Å². The highest BCUT2D eigenvalue weighted by Gasteiger charge is 2.10. The van der Waals surface area contributed by atoms with Gasteiger partial charge in [0.2, 0.25) is 0 Å². The molecule has 0 aliphatic carbocycles. The molecule has 0 aliphatic heterocycles. The van der Waals surface area contributed by atoms with Crippen LogP contribution in [0, 0.1) is 0 Å². The fourth-order valence-electron chi connectivity index (χ4n) is 1.72. The van der Waals surface area contributed by atoms with Crippen LogP contribution in [0.5, 0.6) is 0 Å². The Kier molecular flexibility index (Phi) is 9.33. The van der Waals surface area contributed by atoms with E-state index in [1.807, 2.05) is 0 Å². The van der Waals surface area contributed by atoms with Gasteiger partial charge in [0.05, 0.1) is 0 Å². The first-order valence-electron chi connectivity index (χ1n) is 6.25. The van der Waals surface area contributed by atoms with Gasteiger partial charge in [-0.3, -0.25) is 0 Å². The van der Waals surface area contributed by atoms with Crippen molar-refractivity contribution in [2.75, 3.05) is 18.5 Å². The zero-order valence-corrected chi connectivity index (χ0v) is 11.9. The Morgan fingerprint density at radius 2 is 1.29 bits per heavy atom. The normalized spacial score (nSPS) is 11.9. The standard InChI is InChI=1S/C12H27PS/c1-4-7-8-9-10-11-12-13(14,5-2)6-3/h4-12H2,1-3H3. The highest BCUT2D eigenvalue weighted by molar-refractivity contribution is 8.14. The van der Waals surface area contributed by atoms with Crippen molar-refractivity contribution in [2.24, 2.45) is 0 Å². The van der Waals surface area contributed by atoms with Gasteiger partial charge in [0, 0.05) is 0 Å². The Morgan fingerprint density at radius 3 is 1.79 bits per heavy atom. The molecule has 0 N–H and O–H groups in total. The number of unbranched alkanes of at least 4 members (excludes halogenated alkanes) is 5. The second-order valence-corrected chi connectivity index (χ2v) is 10.3. The molecule has 0 bridgehead atoms. The summed E-state index contributed by atoms with van der Waals surface area (Å²) in [4.78, 5) is 0. The second kappa shape index (κ2) is 8.92. The van der Waals surface area contributed by atoms with Crippen LogP contribution in [0.2, 0.25) is 0 Å². The molecule has 14 heavy (non-hydrogen) atoms. The molecular weight excluding hydrogens is 207 g/mol. The fourth-order valence-corrected chi connectivity index (χ4v) is 3.99. The molecule has 0 spiro atoms. The first kappa shape index (κ1) is 14.6. The predicted molar refractivity (Wildman–Crippen MR) is 73.6 cm³/mol. The van der Waals surface area contributed by atoms with E-state index in [1.165, 1.54) is 57.0 Å². The molecule has 0 saturated heterocycles. The Hall–Kier alpha value is 0.650. The molecule has 2 heteroatoms. The Bertz CT molecular complexity index is 158. The third kappa shape index (κ3) is 7.01. The van der Waals surface area contributed by atoms with E-state index < -0.39 is 6.04 Å². The molecule has 0 aromatic heterocycles. The molecule has 0 fully saturated rings. The maximum absolute atomic E-state index is 5.72. The summed E-state index contributed by atoms with van der Waals surface area (Å²) in [5.41, 5.74) is 0. The lowest BCUT2D eigenvalue weighted by molar-refractivity contribution is 0.626. The predicted octanol–water partition coefficient (Wildman–Crippen LogP) is 4.87. The van der Waals surface area contributed by atoms with Gasteiger partial charge in [0.15, 0.2) is 0 Å². The molecule has 0 atom stereocenters. The van der Waals surface area contributed by atoms with Crippen molar-refractivity contribution in [3.63, 3.8) is 0 Å². The van der Waals surface area contributed by atoms with E-state index in [2.05, 4.69) is 20.8 Å². The SMILES string of the molecule is CCCCCCCCP(=S)(CC)CC. The monoisotopic (exact) mass is 234 g/mol. The highest BCUT2D eigenvalue weighted by atomic mass is 32.4. The molecule has 0 aromatic rings. The minimum Gasteiger partial charge on any atom is -0.0975 e. The summed E-state index contributed by atoms with van der Waals surface area (Å²) in [7, 11) is 0. The lowest BCUT2D eigenvalue weighted by Crippen LogP contribution is -1.95. The van der Waals surface area contributed by atoms with Gasteiger partial charge in [0.25, 0.3) is 0 Å². The van der Waals surface area contributed by atoms with Crippen molar-refractivity contribution in [2.45, 2.75) is 59.3 Å². The maximum Gasteiger partial charge on any atom is -0.0235 e. The number of hydrogen-bond acceptors (Lipinski definition) is 1. The molecule has 0 saturated carbocycles. The van der Waals surface area contributed by atoms with Gasteiger partial charge in [0.1, 0.15) is 0 Å². The van der Waals surface area contributed by atoms with Crippen LogP contribution >= 0.6 is 6.04 Å².